The van der Waals surface area contributed by atoms with E-state index in [1.54, 1.807) is 0 Å². The highest BCUT2D eigenvalue weighted by Crippen LogP contribution is 2.15. The second-order valence-electron chi connectivity index (χ2n) is 6.45. The Bertz CT molecular complexity index is 334. The SMILES string of the molecule is CC(C)(CNC(=O)CNCC1CCCO1)N1CCOCC1.Cl.Cl. The number of amides is 1. The average molecular weight is 372 g/mol. The fraction of sp³-hybridized carbons (Fsp3) is 0.933. The minimum Gasteiger partial charge on any atom is -0.379 e. The van der Waals surface area contributed by atoms with Gasteiger partial charge in [-0.1, -0.05) is 0 Å². The van der Waals surface area contributed by atoms with Crippen LogP contribution in [-0.4, -0.2) is 75.0 Å². The van der Waals surface area contributed by atoms with Crippen LogP contribution in [0.4, 0.5) is 0 Å². The van der Waals surface area contributed by atoms with E-state index in [-0.39, 0.29) is 42.4 Å². The molecule has 0 saturated carbocycles. The van der Waals surface area contributed by atoms with Crippen LogP contribution in [-0.2, 0) is 14.3 Å². The van der Waals surface area contributed by atoms with E-state index >= 15 is 0 Å². The molecule has 1 unspecified atom stereocenters. The number of hydrogen-bond acceptors (Lipinski definition) is 5. The summed E-state index contributed by atoms with van der Waals surface area (Å²) >= 11 is 0. The number of rotatable bonds is 7. The topological polar surface area (TPSA) is 62.8 Å². The first kappa shape index (κ1) is 22.9. The molecule has 2 rings (SSSR count). The van der Waals surface area contributed by atoms with Crippen LogP contribution in [0.2, 0.25) is 0 Å². The van der Waals surface area contributed by atoms with Crippen molar-refractivity contribution in [2.75, 3.05) is 52.5 Å². The van der Waals surface area contributed by atoms with Gasteiger partial charge in [0, 0.05) is 38.3 Å². The monoisotopic (exact) mass is 371 g/mol. The van der Waals surface area contributed by atoms with E-state index < -0.39 is 0 Å². The van der Waals surface area contributed by atoms with E-state index in [0.717, 1.165) is 52.3 Å². The molecule has 0 aromatic heterocycles. The van der Waals surface area contributed by atoms with Gasteiger partial charge in [0.1, 0.15) is 0 Å². The predicted octanol–water partition coefficient (Wildman–Crippen LogP) is 0.826. The van der Waals surface area contributed by atoms with E-state index in [1.165, 1.54) is 0 Å². The molecule has 23 heavy (non-hydrogen) atoms. The van der Waals surface area contributed by atoms with E-state index in [1.807, 2.05) is 0 Å². The van der Waals surface area contributed by atoms with Gasteiger partial charge >= 0.3 is 0 Å². The third kappa shape index (κ3) is 8.01. The lowest BCUT2D eigenvalue weighted by atomic mass is 10.0. The van der Waals surface area contributed by atoms with Crippen LogP contribution in [0.15, 0.2) is 0 Å². The summed E-state index contributed by atoms with van der Waals surface area (Å²) in [6, 6.07) is 0. The van der Waals surface area contributed by atoms with Gasteiger partial charge in [-0.15, -0.1) is 24.8 Å². The molecule has 6 nitrogen and oxygen atoms in total. The molecule has 0 aromatic rings. The maximum absolute atomic E-state index is 11.9. The summed E-state index contributed by atoms with van der Waals surface area (Å²) in [4.78, 5) is 14.3. The van der Waals surface area contributed by atoms with Gasteiger partial charge in [-0.25, -0.2) is 0 Å². The maximum Gasteiger partial charge on any atom is 0.234 e. The number of nitrogens with one attached hydrogen (secondary N) is 2. The molecule has 2 saturated heterocycles. The molecule has 2 aliphatic heterocycles. The number of ether oxygens (including phenoxy) is 2. The van der Waals surface area contributed by atoms with Crippen molar-refractivity contribution in [2.24, 2.45) is 0 Å². The molecule has 2 fully saturated rings. The van der Waals surface area contributed by atoms with Crippen LogP contribution in [0.3, 0.4) is 0 Å². The molecular formula is C15H31Cl2N3O3. The van der Waals surface area contributed by atoms with Crippen molar-refractivity contribution in [1.29, 1.82) is 0 Å². The molecule has 0 aromatic carbocycles. The number of carbonyl (C=O) groups excluding carboxylic acids is 1. The normalized spacial score (nSPS) is 22.1. The lowest BCUT2D eigenvalue weighted by molar-refractivity contribution is -0.121. The van der Waals surface area contributed by atoms with Crippen molar-refractivity contribution in [3.63, 3.8) is 0 Å². The Labute approximate surface area is 151 Å². The van der Waals surface area contributed by atoms with Gasteiger partial charge in [-0.3, -0.25) is 9.69 Å². The van der Waals surface area contributed by atoms with Gasteiger partial charge in [0.2, 0.25) is 5.91 Å². The van der Waals surface area contributed by atoms with Crippen LogP contribution in [0.25, 0.3) is 0 Å². The van der Waals surface area contributed by atoms with E-state index in [0.29, 0.717) is 13.1 Å². The number of carbonyl (C=O) groups is 1. The molecule has 0 aliphatic carbocycles. The molecule has 138 valence electrons. The highest BCUT2D eigenvalue weighted by Gasteiger charge is 2.28. The zero-order valence-electron chi connectivity index (χ0n) is 14.1. The minimum absolute atomic E-state index is 0. The lowest BCUT2D eigenvalue weighted by Gasteiger charge is -2.40. The standard InChI is InChI=1S/C15H29N3O3.2ClH/c1-15(2,18-5-8-20-9-6-18)12-17-14(19)11-16-10-13-4-3-7-21-13;;/h13,16H,3-12H2,1-2H3,(H,17,19);2*1H. The van der Waals surface area contributed by atoms with Gasteiger partial charge in [0.05, 0.1) is 25.9 Å². The molecular weight excluding hydrogens is 341 g/mol. The first-order valence-electron chi connectivity index (χ1n) is 8.00. The summed E-state index contributed by atoms with van der Waals surface area (Å²) in [5.41, 5.74) is -0.0337. The zero-order chi connectivity index (χ0) is 15.1. The predicted molar refractivity (Wildman–Crippen MR) is 95.8 cm³/mol. The van der Waals surface area contributed by atoms with E-state index in [9.17, 15) is 4.79 Å². The molecule has 2 heterocycles. The molecule has 1 atom stereocenters. The molecule has 2 aliphatic rings. The lowest BCUT2D eigenvalue weighted by Crippen LogP contribution is -2.56. The van der Waals surface area contributed by atoms with Gasteiger partial charge in [0.15, 0.2) is 0 Å². The Hall–Kier alpha value is -0.110. The molecule has 2 N–H and O–H groups in total. The molecule has 1 amide bonds. The van der Waals surface area contributed by atoms with Crippen LogP contribution in [0.1, 0.15) is 26.7 Å². The van der Waals surface area contributed by atoms with Crippen molar-refractivity contribution < 1.29 is 14.3 Å². The van der Waals surface area contributed by atoms with E-state index in [4.69, 9.17) is 9.47 Å². The smallest absolute Gasteiger partial charge is 0.234 e. The summed E-state index contributed by atoms with van der Waals surface area (Å²) in [6.45, 7) is 10.4. The van der Waals surface area contributed by atoms with Crippen LogP contribution >= 0.6 is 24.8 Å². The Morgan fingerprint density at radius 2 is 1.91 bits per heavy atom. The number of morpholine rings is 1. The van der Waals surface area contributed by atoms with Gasteiger partial charge in [-0.2, -0.15) is 0 Å². The van der Waals surface area contributed by atoms with Crippen LogP contribution < -0.4 is 10.6 Å². The fourth-order valence-corrected chi connectivity index (χ4v) is 2.81. The summed E-state index contributed by atoms with van der Waals surface area (Å²) in [7, 11) is 0. The number of hydrogen-bond donors (Lipinski definition) is 2. The Kier molecular flexibility index (Phi) is 11.4. The fourth-order valence-electron chi connectivity index (χ4n) is 2.81. The molecule has 0 spiro atoms. The Morgan fingerprint density at radius 3 is 2.52 bits per heavy atom. The number of halogens is 2. The summed E-state index contributed by atoms with van der Waals surface area (Å²) in [5.74, 6) is 0.0503. The Balaban J connectivity index is 0.00000242. The van der Waals surface area contributed by atoms with Crippen LogP contribution in [0.5, 0.6) is 0 Å². The third-order valence-electron chi connectivity index (χ3n) is 4.27. The second-order valence-corrected chi connectivity index (χ2v) is 6.45. The zero-order valence-corrected chi connectivity index (χ0v) is 15.8. The molecule has 0 radical (unpaired) electrons. The summed E-state index contributed by atoms with van der Waals surface area (Å²) < 4.78 is 10.9. The second kappa shape index (κ2) is 11.4. The van der Waals surface area contributed by atoms with Crippen molar-refractivity contribution in [3.05, 3.63) is 0 Å². The quantitative estimate of drug-likeness (QED) is 0.693. The largest absolute Gasteiger partial charge is 0.379 e. The van der Waals surface area contributed by atoms with E-state index in [2.05, 4.69) is 29.4 Å². The van der Waals surface area contributed by atoms with Crippen molar-refractivity contribution in [1.82, 2.24) is 15.5 Å². The Morgan fingerprint density at radius 1 is 1.22 bits per heavy atom. The third-order valence-corrected chi connectivity index (χ3v) is 4.27. The summed E-state index contributed by atoms with van der Waals surface area (Å²) in [6.07, 6.45) is 2.51. The van der Waals surface area contributed by atoms with Crippen LogP contribution in [0, 0.1) is 0 Å². The first-order chi connectivity index (χ1) is 10.1. The first-order valence-corrected chi connectivity index (χ1v) is 8.00. The average Bonchev–Trinajstić information content (AvgIpc) is 2.99. The minimum atomic E-state index is -0.0337. The van der Waals surface area contributed by atoms with Crippen molar-refractivity contribution in [2.45, 2.75) is 38.3 Å². The molecule has 8 heteroatoms. The maximum atomic E-state index is 11.9. The highest BCUT2D eigenvalue weighted by molar-refractivity contribution is 5.85. The van der Waals surface area contributed by atoms with Crippen molar-refractivity contribution in [3.8, 4) is 0 Å². The molecule has 0 bridgehead atoms. The highest BCUT2D eigenvalue weighted by atomic mass is 35.5. The van der Waals surface area contributed by atoms with Crippen molar-refractivity contribution >= 4 is 30.7 Å². The number of nitrogens with zero attached hydrogens (tertiary/aromatic N) is 1. The van der Waals surface area contributed by atoms with Gasteiger partial charge < -0.3 is 20.1 Å². The van der Waals surface area contributed by atoms with Gasteiger partial charge in [0.25, 0.3) is 0 Å². The summed E-state index contributed by atoms with van der Waals surface area (Å²) in [5, 5.41) is 6.19. The van der Waals surface area contributed by atoms with Gasteiger partial charge in [-0.05, 0) is 26.7 Å².